The van der Waals surface area contributed by atoms with Gasteiger partial charge in [0, 0.05) is 26.3 Å². The zero-order chi connectivity index (χ0) is 46.9. The van der Waals surface area contributed by atoms with Crippen LogP contribution in [0.1, 0.15) is 103 Å². The summed E-state index contributed by atoms with van der Waals surface area (Å²) in [7, 11) is 1.72. The fraction of sp³-hybridized carbons (Fsp3) is 0.404. The van der Waals surface area contributed by atoms with Crippen molar-refractivity contribution in [1.82, 2.24) is 25.1 Å². The molecule has 6 amide bonds. The summed E-state index contributed by atoms with van der Waals surface area (Å²) in [5.74, 6) is -1.74. The number of nitrogens with zero attached hydrogens (tertiary/aromatic N) is 3. The van der Waals surface area contributed by atoms with Gasteiger partial charge < -0.3 is 22.1 Å². The molecule has 1 aromatic heterocycles. The van der Waals surface area contributed by atoms with Crippen LogP contribution in [-0.4, -0.2) is 62.7 Å². The molecule has 4 aromatic carbocycles. The fourth-order valence-corrected chi connectivity index (χ4v) is 10.9. The van der Waals surface area contributed by atoms with E-state index in [-0.39, 0.29) is 43.2 Å². The molecule has 7 N–H and O–H groups in total. The van der Waals surface area contributed by atoms with Gasteiger partial charge >= 0.3 is 5.69 Å². The number of primary amides is 1. The lowest BCUT2D eigenvalue weighted by atomic mass is 9.77. The number of benzene rings is 4. The molecule has 15 heteroatoms. The minimum Gasteiger partial charge on any atom is -0.370 e. The van der Waals surface area contributed by atoms with Gasteiger partial charge in [0.2, 0.25) is 35.4 Å². The summed E-state index contributed by atoms with van der Waals surface area (Å²) in [6.45, 7) is 0. The predicted molar refractivity (Wildman–Crippen MR) is 252 cm³/mol. The summed E-state index contributed by atoms with van der Waals surface area (Å²) in [6, 6.07) is 25.3. The van der Waals surface area contributed by atoms with Crippen LogP contribution in [0.4, 0.5) is 5.69 Å². The number of imidazole rings is 1. The van der Waals surface area contributed by atoms with E-state index in [4.69, 9.17) is 11.5 Å². The fourth-order valence-electron chi connectivity index (χ4n) is 10.9. The average Bonchev–Trinajstić information content (AvgIpc) is 3.79. The van der Waals surface area contributed by atoms with Gasteiger partial charge in [-0.05, 0) is 122 Å². The lowest BCUT2D eigenvalue weighted by molar-refractivity contribution is -0.136. The Balaban J connectivity index is 0.873. The van der Waals surface area contributed by atoms with Gasteiger partial charge in [0.05, 0.1) is 28.8 Å². The zero-order valence-corrected chi connectivity index (χ0v) is 37.7. The van der Waals surface area contributed by atoms with E-state index in [1.807, 2.05) is 72.8 Å². The van der Waals surface area contributed by atoms with Crippen LogP contribution in [0.3, 0.4) is 0 Å². The third-order valence-electron chi connectivity index (χ3n) is 14.4. The van der Waals surface area contributed by atoms with E-state index in [1.54, 1.807) is 16.5 Å². The van der Waals surface area contributed by atoms with Crippen LogP contribution < -0.4 is 38.0 Å². The molecule has 4 atom stereocenters. The lowest BCUT2D eigenvalue weighted by Gasteiger charge is -2.29. The van der Waals surface area contributed by atoms with Gasteiger partial charge in [0.25, 0.3) is 0 Å². The van der Waals surface area contributed by atoms with Crippen LogP contribution in [-0.2, 0) is 61.5 Å². The Morgan fingerprint density at radius 1 is 0.746 bits per heavy atom. The van der Waals surface area contributed by atoms with Crippen molar-refractivity contribution < 1.29 is 28.8 Å². The number of nitrogens with one attached hydrogen (secondary N) is 3. The molecule has 2 fully saturated rings. The van der Waals surface area contributed by atoms with E-state index in [1.165, 1.54) is 10.1 Å². The zero-order valence-electron chi connectivity index (χ0n) is 37.7. The molecule has 1 aliphatic carbocycles. The molecule has 9 rings (SSSR count). The van der Waals surface area contributed by atoms with Crippen LogP contribution in [0.2, 0.25) is 0 Å². The topological polar surface area (TPSA) is 221 Å². The molecule has 1 unspecified atom stereocenters. The summed E-state index contributed by atoms with van der Waals surface area (Å²) in [6.07, 6.45) is 7.58. The highest BCUT2D eigenvalue weighted by molar-refractivity contribution is 6.07. The first-order chi connectivity index (χ1) is 32.3. The first kappa shape index (κ1) is 45.3. The Hall–Kier alpha value is -6.87. The Bertz CT molecular complexity index is 2760. The van der Waals surface area contributed by atoms with Crippen molar-refractivity contribution in [3.8, 4) is 0 Å². The second kappa shape index (κ2) is 19.2. The van der Waals surface area contributed by atoms with E-state index in [2.05, 4.69) is 34.1 Å². The number of fused-ring (bicyclic) bond motifs is 1. The van der Waals surface area contributed by atoms with E-state index in [9.17, 15) is 33.6 Å². The van der Waals surface area contributed by atoms with Crippen molar-refractivity contribution in [2.45, 2.75) is 114 Å². The molecule has 0 spiro atoms. The van der Waals surface area contributed by atoms with Crippen LogP contribution in [0.15, 0.2) is 95.8 Å². The van der Waals surface area contributed by atoms with Crippen molar-refractivity contribution >= 4 is 52.2 Å². The smallest absolute Gasteiger partial charge is 0.329 e. The first-order valence-electron chi connectivity index (χ1n) is 23.6. The third-order valence-corrected chi connectivity index (χ3v) is 14.4. The van der Waals surface area contributed by atoms with E-state index in [0.29, 0.717) is 36.6 Å². The van der Waals surface area contributed by atoms with Gasteiger partial charge in [0.15, 0.2) is 0 Å². The minimum absolute atomic E-state index is 0.0229. The molecule has 15 nitrogen and oxygen atoms in total. The molecule has 4 aliphatic rings. The predicted octanol–water partition coefficient (Wildman–Crippen LogP) is 4.10. The highest BCUT2D eigenvalue weighted by Crippen LogP contribution is 2.42. The van der Waals surface area contributed by atoms with Crippen LogP contribution in [0, 0.1) is 11.8 Å². The summed E-state index contributed by atoms with van der Waals surface area (Å²) >= 11 is 0. The van der Waals surface area contributed by atoms with Gasteiger partial charge in [-0.15, -0.1) is 0 Å². The second-order valence-corrected chi connectivity index (χ2v) is 19.0. The summed E-state index contributed by atoms with van der Waals surface area (Å²) in [4.78, 5) is 93.9. The van der Waals surface area contributed by atoms with Gasteiger partial charge in [0.1, 0.15) is 18.1 Å². The number of hydrogen-bond acceptors (Lipinski definition) is 8. The van der Waals surface area contributed by atoms with Gasteiger partial charge in [-0.25, -0.2) is 4.79 Å². The Morgan fingerprint density at radius 3 is 2.03 bits per heavy atom. The average molecular weight is 907 g/mol. The molecule has 0 radical (unpaired) electrons. The number of carbonyl (C=O) groups excluding carboxylic acids is 6. The first-order valence-corrected chi connectivity index (χ1v) is 23.6. The number of carbonyl (C=O) groups is 6. The molecule has 4 heterocycles. The normalized spacial score (nSPS) is 22.0. The SMILES string of the molecule is Cn1c(=O)n(C2CCC(=O)NC2=O)c2ccc(CC3CCC(Cc4cc5c6c(c4)C[C@@H](C(=O)N[C@@H](CCC(N)=O)C(=O)NC(c4ccccc4)c4ccccc4)N6C(=O)[C@@H](N)CC5)CC3)cc21. The van der Waals surface area contributed by atoms with Crippen molar-refractivity contribution in [2.75, 3.05) is 4.90 Å². The van der Waals surface area contributed by atoms with Crippen molar-refractivity contribution in [1.29, 1.82) is 0 Å². The maximum Gasteiger partial charge on any atom is 0.329 e. The number of aromatic nitrogens is 2. The molecule has 67 heavy (non-hydrogen) atoms. The number of nitrogens with two attached hydrogens (primary N) is 2. The molecule has 1 saturated heterocycles. The molecular weight excluding hydrogens is 849 g/mol. The van der Waals surface area contributed by atoms with Gasteiger partial charge in [-0.3, -0.25) is 48.1 Å². The van der Waals surface area contributed by atoms with Crippen LogP contribution in [0.5, 0.6) is 0 Å². The number of aryl methyl sites for hydroxylation is 2. The summed E-state index contributed by atoms with van der Waals surface area (Å²) < 4.78 is 3.10. The minimum atomic E-state index is -1.11. The quantitative estimate of drug-likeness (QED) is 0.102. The number of piperidine rings is 1. The van der Waals surface area contributed by atoms with Crippen LogP contribution in [0.25, 0.3) is 11.0 Å². The number of rotatable bonds is 14. The largest absolute Gasteiger partial charge is 0.370 e. The van der Waals surface area contributed by atoms with Crippen LogP contribution >= 0.6 is 0 Å². The standard InChI is InChI=1S/C52H58N8O7/c1-58-42-28-32(16-20-40(42)59(52(58)67)41-21-23-45(62)56-49(41)64)24-30-12-14-31(15-13-30)25-33-26-36-17-18-38(53)51(66)60-43(29-37(27-33)47(36)60)50(65)55-39(19-22-44(54)61)48(63)57-46(34-8-4-2-5-9-34)35-10-6-3-7-11-35/h2-11,16,20,26-28,30-31,38-39,41,43,46H,12-15,17-19,21-25,29,53H2,1H3,(H2,54,61)(H,55,65)(H,57,63)(H,56,62,64)/t30?,31?,38-,39-,41?,43-/m0/s1. The second-order valence-electron chi connectivity index (χ2n) is 19.0. The summed E-state index contributed by atoms with van der Waals surface area (Å²) in [5.41, 5.74) is 19.8. The highest BCUT2D eigenvalue weighted by atomic mass is 16.2. The molecule has 3 aliphatic heterocycles. The molecule has 1 saturated carbocycles. The van der Waals surface area contributed by atoms with Crippen molar-refractivity contribution in [3.05, 3.63) is 135 Å². The molecule has 5 aromatic rings. The summed E-state index contributed by atoms with van der Waals surface area (Å²) in [5, 5.41) is 8.39. The van der Waals surface area contributed by atoms with Gasteiger partial charge in [-0.1, -0.05) is 78.9 Å². The maximum absolute atomic E-state index is 14.4. The van der Waals surface area contributed by atoms with E-state index >= 15 is 0 Å². The highest BCUT2D eigenvalue weighted by Gasteiger charge is 2.44. The molecule has 0 bridgehead atoms. The Kier molecular flexibility index (Phi) is 12.9. The van der Waals surface area contributed by atoms with E-state index < -0.39 is 53.8 Å². The number of imide groups is 1. The van der Waals surface area contributed by atoms with E-state index in [0.717, 1.165) is 77.5 Å². The van der Waals surface area contributed by atoms with Crippen molar-refractivity contribution in [3.63, 3.8) is 0 Å². The lowest BCUT2D eigenvalue weighted by Crippen LogP contribution is -2.56. The maximum atomic E-state index is 14.4. The Morgan fingerprint density at radius 2 is 1.39 bits per heavy atom. The monoisotopic (exact) mass is 906 g/mol. The van der Waals surface area contributed by atoms with Crippen molar-refractivity contribution in [2.24, 2.45) is 30.4 Å². The number of amides is 6. The Labute approximate surface area is 388 Å². The third kappa shape index (κ3) is 9.42. The number of hydrogen-bond donors (Lipinski definition) is 5. The number of anilines is 1. The molecule has 348 valence electrons. The van der Waals surface area contributed by atoms with Gasteiger partial charge in [-0.2, -0.15) is 0 Å². The molecular formula is C52H58N8O7.